The van der Waals surface area contributed by atoms with Gasteiger partial charge in [-0.2, -0.15) is 16.5 Å². The first-order valence-corrected chi connectivity index (χ1v) is 8.50. The van der Waals surface area contributed by atoms with Gasteiger partial charge in [-0.25, -0.2) is 8.42 Å². The molecule has 0 saturated carbocycles. The van der Waals surface area contributed by atoms with E-state index in [2.05, 4.69) is 4.72 Å². The highest BCUT2D eigenvalue weighted by Crippen LogP contribution is 2.30. The van der Waals surface area contributed by atoms with E-state index in [0.29, 0.717) is 5.75 Å². The molecule has 0 aliphatic carbocycles. The number of hydrogen-bond donors (Lipinski definition) is 2. The molecule has 1 atom stereocenters. The molecule has 1 heterocycles. The van der Waals surface area contributed by atoms with Crippen LogP contribution in [0.15, 0.2) is 29.2 Å². The van der Waals surface area contributed by atoms with Crippen LogP contribution in [0.1, 0.15) is 6.42 Å². The van der Waals surface area contributed by atoms with E-state index in [1.54, 1.807) is 0 Å². The molecular formula is C11H12N2O6S2. The van der Waals surface area contributed by atoms with Crippen LogP contribution in [0, 0.1) is 10.1 Å². The van der Waals surface area contributed by atoms with E-state index in [4.69, 9.17) is 0 Å². The molecule has 0 amide bonds. The average molecular weight is 332 g/mol. The van der Waals surface area contributed by atoms with Gasteiger partial charge in [0, 0.05) is 17.9 Å². The number of hydrogen-bond acceptors (Lipinski definition) is 6. The Bertz CT molecular complexity index is 682. The first-order valence-electron chi connectivity index (χ1n) is 5.86. The summed E-state index contributed by atoms with van der Waals surface area (Å²) in [5, 5.41) is 20.0. The number of sulfonamides is 1. The third kappa shape index (κ3) is 3.17. The number of nitrogens with zero attached hydrogens (tertiary/aromatic N) is 1. The van der Waals surface area contributed by atoms with Crippen LogP contribution in [0.3, 0.4) is 0 Å². The SMILES string of the molecule is O=C(O)C1(NS(=O)(=O)c2cccc([N+](=O)[O-])c2)CCSC1. The lowest BCUT2D eigenvalue weighted by molar-refractivity contribution is -0.385. The molecule has 1 aliphatic rings. The summed E-state index contributed by atoms with van der Waals surface area (Å²) in [7, 11) is -4.15. The zero-order valence-electron chi connectivity index (χ0n) is 10.7. The summed E-state index contributed by atoms with van der Waals surface area (Å²) in [6.07, 6.45) is 0.168. The molecular weight excluding hydrogens is 320 g/mol. The lowest BCUT2D eigenvalue weighted by atomic mass is 10.0. The topological polar surface area (TPSA) is 127 Å². The molecule has 2 rings (SSSR count). The average Bonchev–Trinajstić information content (AvgIpc) is 2.88. The predicted molar refractivity (Wildman–Crippen MR) is 75.7 cm³/mol. The van der Waals surface area contributed by atoms with Crippen molar-refractivity contribution in [2.24, 2.45) is 0 Å². The van der Waals surface area contributed by atoms with Crippen molar-refractivity contribution in [2.75, 3.05) is 11.5 Å². The van der Waals surface area contributed by atoms with Gasteiger partial charge in [0.15, 0.2) is 0 Å². The van der Waals surface area contributed by atoms with Gasteiger partial charge in [-0.15, -0.1) is 0 Å². The molecule has 1 fully saturated rings. The van der Waals surface area contributed by atoms with E-state index in [1.807, 2.05) is 0 Å². The fourth-order valence-corrected chi connectivity index (χ4v) is 4.78. The molecule has 1 aromatic rings. The Hall–Kier alpha value is -1.65. The largest absolute Gasteiger partial charge is 0.480 e. The summed E-state index contributed by atoms with van der Waals surface area (Å²) >= 11 is 1.34. The standard InChI is InChI=1S/C11H12N2O6S2/c14-10(15)11(4-5-20-7-11)12-21(18,19)9-3-1-2-8(6-9)13(16)17/h1-3,6,12H,4-5,7H2,(H,14,15). The number of benzene rings is 1. The maximum absolute atomic E-state index is 12.3. The molecule has 8 nitrogen and oxygen atoms in total. The Labute approximate surface area is 124 Å². The van der Waals surface area contributed by atoms with Gasteiger partial charge in [0.2, 0.25) is 10.0 Å². The fraction of sp³-hybridized carbons (Fsp3) is 0.364. The molecule has 1 saturated heterocycles. The monoisotopic (exact) mass is 332 g/mol. The highest BCUT2D eigenvalue weighted by atomic mass is 32.2. The summed E-state index contributed by atoms with van der Waals surface area (Å²) in [6, 6.07) is 4.49. The van der Waals surface area contributed by atoms with Crippen molar-refractivity contribution in [1.29, 1.82) is 0 Å². The van der Waals surface area contributed by atoms with Crippen LogP contribution in [0.5, 0.6) is 0 Å². The van der Waals surface area contributed by atoms with Gasteiger partial charge in [-0.05, 0) is 18.2 Å². The molecule has 0 radical (unpaired) electrons. The molecule has 2 N–H and O–H groups in total. The Kier molecular flexibility index (Phi) is 4.21. The molecule has 0 spiro atoms. The lowest BCUT2D eigenvalue weighted by Gasteiger charge is -2.24. The van der Waals surface area contributed by atoms with Crippen LogP contribution in [-0.4, -0.2) is 41.5 Å². The van der Waals surface area contributed by atoms with Gasteiger partial charge < -0.3 is 5.11 Å². The van der Waals surface area contributed by atoms with Gasteiger partial charge in [-0.1, -0.05) is 6.07 Å². The van der Waals surface area contributed by atoms with Crippen LogP contribution in [0.2, 0.25) is 0 Å². The summed E-state index contributed by atoms with van der Waals surface area (Å²) in [6.45, 7) is 0. The minimum Gasteiger partial charge on any atom is -0.480 e. The van der Waals surface area contributed by atoms with Crippen molar-refractivity contribution in [1.82, 2.24) is 4.72 Å². The van der Waals surface area contributed by atoms with Crippen LogP contribution in [-0.2, 0) is 14.8 Å². The van der Waals surface area contributed by atoms with Crippen molar-refractivity contribution in [3.05, 3.63) is 34.4 Å². The van der Waals surface area contributed by atoms with Gasteiger partial charge in [0.25, 0.3) is 5.69 Å². The molecule has 0 aromatic heterocycles. The van der Waals surface area contributed by atoms with E-state index in [9.17, 15) is 28.4 Å². The Morgan fingerprint density at radius 1 is 1.48 bits per heavy atom. The second kappa shape index (κ2) is 5.62. The van der Waals surface area contributed by atoms with Gasteiger partial charge in [0.05, 0.1) is 9.82 Å². The Morgan fingerprint density at radius 2 is 2.19 bits per heavy atom. The van der Waals surface area contributed by atoms with Crippen LogP contribution >= 0.6 is 11.8 Å². The first-order chi connectivity index (χ1) is 9.77. The zero-order valence-corrected chi connectivity index (χ0v) is 12.3. The number of nitro groups is 1. The number of rotatable bonds is 5. The molecule has 114 valence electrons. The number of carboxylic acid groups (broad SMARTS) is 1. The van der Waals surface area contributed by atoms with Crippen molar-refractivity contribution in [3.8, 4) is 0 Å². The second-order valence-electron chi connectivity index (χ2n) is 4.55. The zero-order chi connectivity index (χ0) is 15.7. The smallest absolute Gasteiger partial charge is 0.325 e. The van der Waals surface area contributed by atoms with Crippen LogP contribution in [0.4, 0.5) is 5.69 Å². The number of aliphatic carboxylic acids is 1. The van der Waals surface area contributed by atoms with Crippen LogP contribution in [0.25, 0.3) is 0 Å². The molecule has 1 aliphatic heterocycles. The second-order valence-corrected chi connectivity index (χ2v) is 7.34. The van der Waals surface area contributed by atoms with Crippen LogP contribution < -0.4 is 4.72 Å². The lowest BCUT2D eigenvalue weighted by Crippen LogP contribution is -2.54. The Balaban J connectivity index is 2.36. The third-order valence-electron chi connectivity index (χ3n) is 3.10. The van der Waals surface area contributed by atoms with Gasteiger partial charge in [0.1, 0.15) is 5.54 Å². The summed E-state index contributed by atoms with van der Waals surface area (Å²) in [5.74, 6) is -0.596. The van der Waals surface area contributed by atoms with E-state index in [1.165, 1.54) is 23.9 Å². The quantitative estimate of drug-likeness (QED) is 0.604. The minimum atomic E-state index is -4.15. The van der Waals surface area contributed by atoms with Gasteiger partial charge in [-0.3, -0.25) is 14.9 Å². The third-order valence-corrected chi connectivity index (χ3v) is 5.82. The fourth-order valence-electron chi connectivity index (χ4n) is 1.94. The minimum absolute atomic E-state index is 0.122. The molecule has 10 heteroatoms. The molecule has 1 unspecified atom stereocenters. The Morgan fingerprint density at radius 3 is 2.71 bits per heavy atom. The van der Waals surface area contributed by atoms with E-state index in [-0.39, 0.29) is 22.8 Å². The number of non-ortho nitro benzene ring substituents is 1. The normalized spacial score (nSPS) is 22.1. The summed E-state index contributed by atoms with van der Waals surface area (Å²) < 4.78 is 26.7. The van der Waals surface area contributed by atoms with E-state index in [0.717, 1.165) is 12.1 Å². The van der Waals surface area contributed by atoms with Crippen molar-refractivity contribution in [2.45, 2.75) is 16.9 Å². The van der Waals surface area contributed by atoms with Crippen molar-refractivity contribution in [3.63, 3.8) is 0 Å². The first kappa shape index (κ1) is 15.7. The number of carboxylic acids is 1. The molecule has 21 heavy (non-hydrogen) atoms. The maximum atomic E-state index is 12.3. The van der Waals surface area contributed by atoms with Crippen molar-refractivity contribution >= 4 is 33.4 Å². The van der Waals surface area contributed by atoms with E-state index < -0.39 is 26.5 Å². The van der Waals surface area contributed by atoms with E-state index >= 15 is 0 Å². The maximum Gasteiger partial charge on any atom is 0.325 e. The number of nitrogens with one attached hydrogen (secondary N) is 1. The highest BCUT2D eigenvalue weighted by molar-refractivity contribution is 7.99. The molecule has 1 aromatic carbocycles. The number of nitro benzene ring substituents is 1. The summed E-state index contributed by atoms with van der Waals surface area (Å²) in [5.41, 5.74) is -1.93. The number of carbonyl (C=O) groups is 1. The molecule has 0 bridgehead atoms. The number of thioether (sulfide) groups is 1. The van der Waals surface area contributed by atoms with Crippen molar-refractivity contribution < 1.29 is 23.2 Å². The predicted octanol–water partition coefficient (Wildman–Crippen LogP) is 0.833. The summed E-state index contributed by atoms with van der Waals surface area (Å²) in [4.78, 5) is 21.0. The highest BCUT2D eigenvalue weighted by Gasteiger charge is 2.45. The van der Waals surface area contributed by atoms with Gasteiger partial charge >= 0.3 is 5.97 Å².